The molecule has 3 amide bonds. The smallest absolute Gasteiger partial charge is 0.226 e. The second kappa shape index (κ2) is 6.24. The molecule has 1 heterocycles. The molecule has 2 rings (SSSR count). The molecule has 2 fully saturated rings. The van der Waals surface area contributed by atoms with Crippen LogP contribution in [0.1, 0.15) is 26.2 Å². The van der Waals surface area contributed by atoms with E-state index in [9.17, 15) is 14.4 Å². The summed E-state index contributed by atoms with van der Waals surface area (Å²) in [5.74, 6) is 0.159. The van der Waals surface area contributed by atoms with E-state index in [4.69, 9.17) is 0 Å². The van der Waals surface area contributed by atoms with Crippen molar-refractivity contribution in [3.05, 3.63) is 0 Å². The van der Waals surface area contributed by atoms with Crippen LogP contribution in [-0.2, 0) is 14.4 Å². The van der Waals surface area contributed by atoms with Gasteiger partial charge in [0.25, 0.3) is 0 Å². The Labute approximate surface area is 119 Å². The third-order valence-electron chi connectivity index (χ3n) is 4.10. The van der Waals surface area contributed by atoms with Crippen molar-refractivity contribution in [3.63, 3.8) is 0 Å². The summed E-state index contributed by atoms with van der Waals surface area (Å²) in [6.45, 7) is 3.34. The van der Waals surface area contributed by atoms with E-state index >= 15 is 0 Å². The van der Waals surface area contributed by atoms with E-state index in [1.807, 2.05) is 0 Å². The molecule has 1 N–H and O–H groups in total. The average Bonchev–Trinajstić information content (AvgIpc) is 3.22. The molecule has 1 saturated heterocycles. The van der Waals surface area contributed by atoms with Crippen LogP contribution < -0.4 is 5.32 Å². The lowest BCUT2D eigenvalue weighted by Crippen LogP contribution is -2.42. The summed E-state index contributed by atoms with van der Waals surface area (Å²) in [5.41, 5.74) is 0. The van der Waals surface area contributed by atoms with Crippen LogP contribution in [0, 0.1) is 11.8 Å². The standard InChI is InChI=1S/C14H23N3O3/c1-10(18)16-5-6-17(13(19)7-11-3-4-11)9-12(8-16)14(20)15-2/h11-12H,3-9H2,1-2H3,(H,15,20)/t12-/m0/s1. The molecule has 0 bridgehead atoms. The Hall–Kier alpha value is -1.59. The normalized spacial score (nSPS) is 23.2. The van der Waals surface area contributed by atoms with E-state index in [2.05, 4.69) is 5.32 Å². The van der Waals surface area contributed by atoms with Gasteiger partial charge < -0.3 is 15.1 Å². The van der Waals surface area contributed by atoms with Crippen molar-refractivity contribution in [1.82, 2.24) is 15.1 Å². The molecular formula is C14H23N3O3. The summed E-state index contributed by atoms with van der Waals surface area (Å²) in [6.07, 6.45) is 2.86. The van der Waals surface area contributed by atoms with Gasteiger partial charge in [0.1, 0.15) is 0 Å². The number of nitrogens with zero attached hydrogens (tertiary/aromatic N) is 2. The molecule has 6 nitrogen and oxygen atoms in total. The number of carbonyl (C=O) groups is 3. The van der Waals surface area contributed by atoms with Crippen LogP contribution >= 0.6 is 0 Å². The number of rotatable bonds is 3. The predicted octanol–water partition coefficient (Wildman–Crippen LogP) is -0.161. The van der Waals surface area contributed by atoms with E-state index in [1.54, 1.807) is 16.8 Å². The summed E-state index contributed by atoms with van der Waals surface area (Å²) >= 11 is 0. The Morgan fingerprint density at radius 1 is 1.10 bits per heavy atom. The van der Waals surface area contributed by atoms with Crippen molar-refractivity contribution in [2.45, 2.75) is 26.2 Å². The van der Waals surface area contributed by atoms with E-state index in [1.165, 1.54) is 6.92 Å². The van der Waals surface area contributed by atoms with Crippen molar-refractivity contribution in [2.75, 3.05) is 33.2 Å². The molecular weight excluding hydrogens is 258 g/mol. The van der Waals surface area contributed by atoms with Crippen LogP contribution in [0.3, 0.4) is 0 Å². The van der Waals surface area contributed by atoms with Crippen LogP contribution in [0.4, 0.5) is 0 Å². The highest BCUT2D eigenvalue weighted by atomic mass is 16.2. The van der Waals surface area contributed by atoms with Crippen LogP contribution in [0.15, 0.2) is 0 Å². The van der Waals surface area contributed by atoms with Gasteiger partial charge in [-0.2, -0.15) is 0 Å². The Bertz CT molecular complexity index is 406. The highest BCUT2D eigenvalue weighted by Gasteiger charge is 2.32. The zero-order valence-electron chi connectivity index (χ0n) is 12.2. The Morgan fingerprint density at radius 3 is 2.25 bits per heavy atom. The maximum absolute atomic E-state index is 12.2. The van der Waals surface area contributed by atoms with Gasteiger partial charge in [0, 0.05) is 46.6 Å². The first kappa shape index (κ1) is 14.8. The Morgan fingerprint density at radius 2 is 1.70 bits per heavy atom. The minimum Gasteiger partial charge on any atom is -0.359 e. The van der Waals surface area contributed by atoms with Gasteiger partial charge >= 0.3 is 0 Å². The molecule has 6 heteroatoms. The summed E-state index contributed by atoms with van der Waals surface area (Å²) in [4.78, 5) is 39.1. The third kappa shape index (κ3) is 3.71. The van der Waals surface area contributed by atoms with E-state index in [0.29, 0.717) is 38.5 Å². The van der Waals surface area contributed by atoms with Crippen molar-refractivity contribution < 1.29 is 14.4 Å². The molecule has 20 heavy (non-hydrogen) atoms. The largest absolute Gasteiger partial charge is 0.359 e. The number of hydrogen-bond donors (Lipinski definition) is 1. The molecule has 0 aromatic carbocycles. The molecule has 1 atom stereocenters. The van der Waals surface area contributed by atoms with E-state index in [-0.39, 0.29) is 23.6 Å². The second-order valence-corrected chi connectivity index (χ2v) is 5.76. The number of carbonyl (C=O) groups excluding carboxylic acids is 3. The predicted molar refractivity (Wildman–Crippen MR) is 73.7 cm³/mol. The Balaban J connectivity index is 2.03. The summed E-state index contributed by atoms with van der Waals surface area (Å²) in [5, 5.41) is 2.62. The monoisotopic (exact) mass is 281 g/mol. The van der Waals surface area contributed by atoms with E-state index in [0.717, 1.165) is 12.8 Å². The van der Waals surface area contributed by atoms with Crippen molar-refractivity contribution in [2.24, 2.45) is 11.8 Å². The lowest BCUT2D eigenvalue weighted by Gasteiger charge is -2.23. The SMILES string of the molecule is CNC(=O)[C@H]1CN(C(C)=O)CCN(C(=O)CC2CC2)C1. The second-order valence-electron chi connectivity index (χ2n) is 5.76. The maximum Gasteiger partial charge on any atom is 0.226 e. The quantitative estimate of drug-likeness (QED) is 0.781. The van der Waals surface area contributed by atoms with Gasteiger partial charge in [0.2, 0.25) is 17.7 Å². The average molecular weight is 281 g/mol. The van der Waals surface area contributed by atoms with Crippen molar-refractivity contribution >= 4 is 17.7 Å². The first-order chi connectivity index (χ1) is 9.51. The molecule has 1 aliphatic heterocycles. The topological polar surface area (TPSA) is 69.7 Å². The van der Waals surface area contributed by atoms with Crippen LogP contribution in [0.5, 0.6) is 0 Å². The molecule has 0 spiro atoms. The zero-order valence-corrected chi connectivity index (χ0v) is 12.2. The lowest BCUT2D eigenvalue weighted by atomic mass is 10.1. The minimum absolute atomic E-state index is 0.0459. The van der Waals surface area contributed by atoms with Gasteiger partial charge in [-0.1, -0.05) is 0 Å². The molecule has 0 aromatic rings. The van der Waals surface area contributed by atoms with Gasteiger partial charge in [-0.05, 0) is 18.8 Å². The van der Waals surface area contributed by atoms with Gasteiger partial charge in [-0.25, -0.2) is 0 Å². The van der Waals surface area contributed by atoms with Gasteiger partial charge in [-0.15, -0.1) is 0 Å². The fraction of sp³-hybridized carbons (Fsp3) is 0.786. The van der Waals surface area contributed by atoms with Crippen molar-refractivity contribution in [3.8, 4) is 0 Å². The first-order valence-corrected chi connectivity index (χ1v) is 7.26. The highest BCUT2D eigenvalue weighted by Crippen LogP contribution is 2.33. The zero-order chi connectivity index (χ0) is 14.7. The number of hydrogen-bond acceptors (Lipinski definition) is 3. The fourth-order valence-electron chi connectivity index (χ4n) is 2.59. The van der Waals surface area contributed by atoms with E-state index < -0.39 is 0 Å². The highest BCUT2D eigenvalue weighted by molar-refractivity contribution is 5.82. The number of nitrogens with one attached hydrogen (secondary N) is 1. The summed E-state index contributed by atoms with van der Waals surface area (Å²) in [6, 6.07) is 0. The first-order valence-electron chi connectivity index (χ1n) is 7.26. The molecule has 0 aromatic heterocycles. The summed E-state index contributed by atoms with van der Waals surface area (Å²) in [7, 11) is 1.59. The fourth-order valence-corrected chi connectivity index (χ4v) is 2.59. The van der Waals surface area contributed by atoms with Crippen molar-refractivity contribution in [1.29, 1.82) is 0 Å². The molecule has 112 valence electrons. The number of amides is 3. The Kier molecular flexibility index (Phi) is 4.62. The minimum atomic E-state index is -0.338. The van der Waals surface area contributed by atoms with Crippen LogP contribution in [0.2, 0.25) is 0 Å². The van der Waals surface area contributed by atoms with Crippen LogP contribution in [-0.4, -0.2) is 60.7 Å². The third-order valence-corrected chi connectivity index (χ3v) is 4.10. The van der Waals surface area contributed by atoms with Gasteiger partial charge in [0.05, 0.1) is 5.92 Å². The van der Waals surface area contributed by atoms with Crippen LogP contribution in [0.25, 0.3) is 0 Å². The molecule has 0 radical (unpaired) electrons. The lowest BCUT2D eigenvalue weighted by molar-refractivity contribution is -0.133. The molecule has 2 aliphatic rings. The van der Waals surface area contributed by atoms with Gasteiger partial charge in [0.15, 0.2) is 0 Å². The molecule has 1 saturated carbocycles. The summed E-state index contributed by atoms with van der Waals surface area (Å²) < 4.78 is 0. The maximum atomic E-state index is 12.2. The molecule has 1 aliphatic carbocycles. The van der Waals surface area contributed by atoms with Gasteiger partial charge in [-0.3, -0.25) is 14.4 Å². The molecule has 0 unspecified atom stereocenters.